The molecule has 8 nitrogen and oxygen atoms in total. The van der Waals surface area contributed by atoms with E-state index >= 15 is 0 Å². The number of fused-ring (bicyclic) bond motifs is 3. The fourth-order valence-electron chi connectivity index (χ4n) is 4.49. The number of rotatable bonds is 7. The molecule has 1 saturated heterocycles. The van der Waals surface area contributed by atoms with E-state index in [-0.39, 0.29) is 5.91 Å². The summed E-state index contributed by atoms with van der Waals surface area (Å²) in [6, 6.07) is 11.8. The van der Waals surface area contributed by atoms with Gasteiger partial charge in [0, 0.05) is 47.3 Å². The third kappa shape index (κ3) is 5.30. The number of ether oxygens (including phenoxy) is 1. The summed E-state index contributed by atoms with van der Waals surface area (Å²) in [6.07, 6.45) is 1.96. The molecule has 1 N–H and O–H groups in total. The molecule has 0 bridgehead atoms. The van der Waals surface area contributed by atoms with Gasteiger partial charge in [0.15, 0.2) is 0 Å². The lowest BCUT2D eigenvalue weighted by Crippen LogP contribution is -2.47. The van der Waals surface area contributed by atoms with Crippen molar-refractivity contribution in [1.29, 1.82) is 0 Å². The monoisotopic (exact) mass is 564 g/mol. The van der Waals surface area contributed by atoms with Crippen molar-refractivity contribution in [2.75, 3.05) is 38.5 Å². The summed E-state index contributed by atoms with van der Waals surface area (Å²) >= 11 is 9.63. The number of thiazole rings is 1. The van der Waals surface area contributed by atoms with E-state index in [1.165, 1.54) is 11.3 Å². The summed E-state index contributed by atoms with van der Waals surface area (Å²) in [4.78, 5) is 31.2. The normalized spacial score (nSPS) is 14.3. The van der Waals surface area contributed by atoms with Crippen molar-refractivity contribution in [3.05, 3.63) is 69.9 Å². The Morgan fingerprint density at radius 3 is 2.76 bits per heavy atom. The lowest BCUT2D eigenvalue weighted by molar-refractivity contribution is -0.132. The van der Waals surface area contributed by atoms with Crippen molar-refractivity contribution in [1.82, 2.24) is 24.8 Å². The van der Waals surface area contributed by atoms with Gasteiger partial charge in [-0.3, -0.25) is 4.79 Å². The van der Waals surface area contributed by atoms with Gasteiger partial charge in [0.2, 0.25) is 5.91 Å². The van der Waals surface area contributed by atoms with Gasteiger partial charge in [-0.05, 0) is 36.9 Å². The maximum atomic E-state index is 12.8. The summed E-state index contributed by atoms with van der Waals surface area (Å²) in [5.74, 6) is 1.48. The second-order valence-electron chi connectivity index (χ2n) is 9.23. The summed E-state index contributed by atoms with van der Waals surface area (Å²) in [5, 5.41) is 7.85. The maximum Gasteiger partial charge on any atom is 0.227 e. The SMILES string of the molecule is CN1CCN(C(=O)Cc2ccc3c(c2)sc2ncnc(Nc4ccc(OCc5cscn5)c(Cl)c4)c23)CC1. The first-order valence-corrected chi connectivity index (χ1v) is 14.4. The second-order valence-corrected chi connectivity index (χ2v) is 11.4. The van der Waals surface area contributed by atoms with Crippen LogP contribution in [0, 0.1) is 0 Å². The molecular formula is C27H25ClN6O2S2. The highest BCUT2D eigenvalue weighted by Crippen LogP contribution is 2.38. The predicted molar refractivity (Wildman–Crippen MR) is 154 cm³/mol. The van der Waals surface area contributed by atoms with Crippen molar-refractivity contribution in [3.8, 4) is 5.75 Å². The van der Waals surface area contributed by atoms with Crippen molar-refractivity contribution < 1.29 is 9.53 Å². The molecule has 194 valence electrons. The Bertz CT molecular complexity index is 1600. The first-order valence-electron chi connectivity index (χ1n) is 12.2. The molecular weight excluding hydrogens is 540 g/mol. The molecule has 0 aliphatic carbocycles. The predicted octanol–water partition coefficient (Wildman–Crippen LogP) is 5.59. The Kier molecular flexibility index (Phi) is 7.12. The van der Waals surface area contributed by atoms with E-state index in [0.29, 0.717) is 29.6 Å². The molecule has 38 heavy (non-hydrogen) atoms. The average Bonchev–Trinajstić information content (AvgIpc) is 3.56. The number of halogens is 1. The van der Waals surface area contributed by atoms with Gasteiger partial charge < -0.3 is 19.9 Å². The molecule has 4 heterocycles. The summed E-state index contributed by atoms with van der Waals surface area (Å²) < 4.78 is 6.89. The molecule has 1 aliphatic rings. The van der Waals surface area contributed by atoms with Gasteiger partial charge in [0.25, 0.3) is 0 Å². The van der Waals surface area contributed by atoms with E-state index in [1.54, 1.807) is 23.2 Å². The number of carbonyl (C=O) groups excluding carboxylic acids is 1. The second kappa shape index (κ2) is 10.8. The number of aromatic nitrogens is 3. The van der Waals surface area contributed by atoms with Crippen LogP contribution in [0.5, 0.6) is 5.75 Å². The molecule has 11 heteroatoms. The highest BCUT2D eigenvalue weighted by Gasteiger charge is 2.20. The first kappa shape index (κ1) is 25.0. The van der Waals surface area contributed by atoms with Gasteiger partial charge in [-0.2, -0.15) is 0 Å². The zero-order chi connectivity index (χ0) is 26.1. The number of amides is 1. The lowest BCUT2D eigenvalue weighted by Gasteiger charge is -2.32. The number of thiophene rings is 1. The molecule has 1 amide bonds. The van der Waals surface area contributed by atoms with E-state index < -0.39 is 0 Å². The van der Waals surface area contributed by atoms with Gasteiger partial charge in [0.05, 0.1) is 28.0 Å². The van der Waals surface area contributed by atoms with E-state index in [1.807, 2.05) is 34.5 Å². The molecule has 0 atom stereocenters. The van der Waals surface area contributed by atoms with Crippen molar-refractivity contribution in [3.63, 3.8) is 0 Å². The first-order chi connectivity index (χ1) is 18.5. The zero-order valence-corrected chi connectivity index (χ0v) is 23.1. The minimum atomic E-state index is 0.177. The maximum absolute atomic E-state index is 12.8. The highest BCUT2D eigenvalue weighted by molar-refractivity contribution is 7.25. The Hall–Kier alpha value is -3.31. The third-order valence-electron chi connectivity index (χ3n) is 6.60. The molecule has 0 radical (unpaired) electrons. The van der Waals surface area contributed by atoms with Gasteiger partial charge in [-0.1, -0.05) is 23.7 Å². The average molecular weight is 565 g/mol. The summed E-state index contributed by atoms with van der Waals surface area (Å²) in [7, 11) is 2.09. The highest BCUT2D eigenvalue weighted by atomic mass is 35.5. The number of carbonyl (C=O) groups is 1. The Balaban J connectivity index is 1.21. The fourth-order valence-corrected chi connectivity index (χ4v) is 6.38. The van der Waals surface area contributed by atoms with Gasteiger partial charge in [0.1, 0.15) is 29.3 Å². The molecule has 3 aromatic heterocycles. The minimum absolute atomic E-state index is 0.177. The van der Waals surface area contributed by atoms with Crippen LogP contribution < -0.4 is 10.1 Å². The van der Waals surface area contributed by atoms with Crippen LogP contribution in [0.4, 0.5) is 11.5 Å². The minimum Gasteiger partial charge on any atom is -0.486 e. The van der Waals surface area contributed by atoms with Crippen LogP contribution in [0.15, 0.2) is 53.6 Å². The fraction of sp³-hybridized carbons (Fsp3) is 0.259. The third-order valence-corrected chi connectivity index (χ3v) is 8.59. The van der Waals surface area contributed by atoms with E-state index in [9.17, 15) is 4.79 Å². The molecule has 6 rings (SSSR count). The molecule has 1 fully saturated rings. The number of anilines is 2. The molecule has 0 spiro atoms. The number of nitrogens with zero attached hydrogens (tertiary/aromatic N) is 5. The number of piperazine rings is 1. The van der Waals surface area contributed by atoms with Crippen molar-refractivity contribution in [2.24, 2.45) is 0 Å². The summed E-state index contributed by atoms with van der Waals surface area (Å²) in [6.45, 7) is 3.78. The molecule has 5 aromatic rings. The Morgan fingerprint density at radius 1 is 1.11 bits per heavy atom. The lowest BCUT2D eigenvalue weighted by atomic mass is 10.1. The van der Waals surface area contributed by atoms with Crippen LogP contribution in [0.25, 0.3) is 20.3 Å². The van der Waals surface area contributed by atoms with Crippen LogP contribution in [0.3, 0.4) is 0 Å². The topological polar surface area (TPSA) is 83.5 Å². The van der Waals surface area contributed by atoms with E-state index in [0.717, 1.165) is 63.4 Å². The smallest absolute Gasteiger partial charge is 0.227 e. The molecule has 0 saturated carbocycles. The van der Waals surface area contributed by atoms with Gasteiger partial charge >= 0.3 is 0 Å². The Labute approximate surface area is 232 Å². The molecule has 1 aliphatic heterocycles. The van der Waals surface area contributed by atoms with E-state index in [2.05, 4.69) is 44.3 Å². The quantitative estimate of drug-likeness (QED) is 0.276. The van der Waals surface area contributed by atoms with Crippen LogP contribution in [0.1, 0.15) is 11.3 Å². The van der Waals surface area contributed by atoms with Gasteiger partial charge in [-0.15, -0.1) is 22.7 Å². The van der Waals surface area contributed by atoms with Crippen LogP contribution >= 0.6 is 34.3 Å². The number of nitrogens with one attached hydrogen (secondary N) is 1. The van der Waals surface area contributed by atoms with Crippen molar-refractivity contribution in [2.45, 2.75) is 13.0 Å². The molecule has 0 unspecified atom stereocenters. The van der Waals surface area contributed by atoms with E-state index in [4.69, 9.17) is 16.3 Å². The number of hydrogen-bond acceptors (Lipinski definition) is 9. The standard InChI is InChI=1S/C27H25ClN6O2S2/c1-33-6-8-34(9-7-33)24(35)11-17-2-4-20-23(10-17)38-27-25(20)26(29-15-30-27)32-18-3-5-22(21(28)12-18)36-13-19-14-37-16-31-19/h2-5,10,12,14-16H,6-9,11,13H2,1H3,(H,29,30,32). The Morgan fingerprint density at radius 2 is 1.97 bits per heavy atom. The van der Waals surface area contributed by atoms with Crippen molar-refractivity contribution >= 4 is 72.0 Å². The van der Waals surface area contributed by atoms with Crippen LogP contribution in [-0.4, -0.2) is 63.9 Å². The van der Waals surface area contributed by atoms with Gasteiger partial charge in [-0.25, -0.2) is 15.0 Å². The largest absolute Gasteiger partial charge is 0.486 e. The number of hydrogen-bond donors (Lipinski definition) is 1. The van der Waals surface area contributed by atoms with Crippen LogP contribution in [-0.2, 0) is 17.8 Å². The summed E-state index contributed by atoms with van der Waals surface area (Å²) in [5.41, 5.74) is 4.45. The molecule has 2 aromatic carbocycles. The van der Waals surface area contributed by atoms with Crippen LogP contribution in [0.2, 0.25) is 5.02 Å². The number of likely N-dealkylation sites (N-methyl/N-ethyl adjacent to an activating group) is 1. The zero-order valence-electron chi connectivity index (χ0n) is 20.7. The number of benzene rings is 2.